The summed E-state index contributed by atoms with van der Waals surface area (Å²) in [6.45, 7) is 6.02. The highest BCUT2D eigenvalue weighted by Crippen LogP contribution is 2.37. The Balaban J connectivity index is 1.80. The zero-order chi connectivity index (χ0) is 13.5. The van der Waals surface area contributed by atoms with E-state index in [0.29, 0.717) is 24.2 Å². The quantitative estimate of drug-likeness (QED) is 0.776. The van der Waals surface area contributed by atoms with Crippen LogP contribution in [0.25, 0.3) is 0 Å². The van der Waals surface area contributed by atoms with Crippen LogP contribution in [0.5, 0.6) is 0 Å². The summed E-state index contributed by atoms with van der Waals surface area (Å²) in [6, 6.07) is 9.96. The molecule has 0 saturated carbocycles. The summed E-state index contributed by atoms with van der Waals surface area (Å²) < 4.78 is 5.56. The lowest BCUT2D eigenvalue weighted by molar-refractivity contribution is 0.0998. The molecule has 0 aromatic heterocycles. The van der Waals surface area contributed by atoms with Crippen molar-refractivity contribution >= 4 is 11.9 Å². The first-order valence-electron chi connectivity index (χ1n) is 6.63. The van der Waals surface area contributed by atoms with Crippen LogP contribution in [-0.4, -0.2) is 36.0 Å². The van der Waals surface area contributed by atoms with Crippen molar-refractivity contribution in [3.8, 4) is 0 Å². The Morgan fingerprint density at radius 2 is 2.11 bits per heavy atom. The molecule has 0 N–H and O–H groups in total. The molecule has 2 aliphatic heterocycles. The van der Waals surface area contributed by atoms with Crippen LogP contribution in [0.3, 0.4) is 0 Å². The fourth-order valence-electron chi connectivity index (χ4n) is 2.86. The first-order chi connectivity index (χ1) is 9.05. The predicted molar refractivity (Wildman–Crippen MR) is 73.1 cm³/mol. The molecule has 0 bridgehead atoms. The van der Waals surface area contributed by atoms with Crippen LogP contribution in [0.1, 0.15) is 30.6 Å². The third-order valence-corrected chi connectivity index (χ3v) is 3.70. The molecular formula is C15H18N2O2. The maximum atomic E-state index is 12.1. The van der Waals surface area contributed by atoms with Crippen molar-refractivity contribution in [2.24, 2.45) is 10.4 Å². The summed E-state index contributed by atoms with van der Waals surface area (Å²) in [5.74, 6) is -0.235. The van der Waals surface area contributed by atoms with Gasteiger partial charge in [-0.15, -0.1) is 0 Å². The number of rotatable bonds is 1. The average Bonchev–Trinajstić information content (AvgIpc) is 2.87. The number of ether oxygens (including phenoxy) is 1. The van der Waals surface area contributed by atoms with Crippen LogP contribution < -0.4 is 0 Å². The Labute approximate surface area is 113 Å². The van der Waals surface area contributed by atoms with Gasteiger partial charge in [-0.3, -0.25) is 4.79 Å². The molecule has 0 aliphatic carbocycles. The zero-order valence-electron chi connectivity index (χ0n) is 11.3. The highest BCUT2D eigenvalue weighted by Gasteiger charge is 2.44. The van der Waals surface area contributed by atoms with Gasteiger partial charge in [-0.2, -0.15) is 4.99 Å². The van der Waals surface area contributed by atoms with Gasteiger partial charge in [0.1, 0.15) is 6.61 Å². The molecule has 1 aromatic carbocycles. The van der Waals surface area contributed by atoms with Gasteiger partial charge in [0.25, 0.3) is 11.9 Å². The van der Waals surface area contributed by atoms with Crippen LogP contribution in [0.4, 0.5) is 0 Å². The van der Waals surface area contributed by atoms with Crippen LogP contribution in [-0.2, 0) is 4.74 Å². The molecule has 2 fully saturated rings. The number of carbonyl (C=O) groups excluding carboxylic acids is 1. The van der Waals surface area contributed by atoms with E-state index < -0.39 is 0 Å². The van der Waals surface area contributed by atoms with Crippen molar-refractivity contribution in [3.63, 3.8) is 0 Å². The first-order valence-corrected chi connectivity index (χ1v) is 6.63. The number of aliphatic imine (C=N–C) groups is 1. The third-order valence-electron chi connectivity index (χ3n) is 3.70. The minimum atomic E-state index is -0.235. The van der Waals surface area contributed by atoms with Gasteiger partial charge in [0.15, 0.2) is 0 Å². The van der Waals surface area contributed by atoms with Gasteiger partial charge in [0.05, 0.1) is 6.04 Å². The van der Waals surface area contributed by atoms with E-state index >= 15 is 0 Å². The van der Waals surface area contributed by atoms with E-state index in [2.05, 4.69) is 23.7 Å². The molecule has 1 amide bonds. The van der Waals surface area contributed by atoms with Crippen molar-refractivity contribution in [1.82, 2.24) is 4.90 Å². The number of amidine groups is 1. The van der Waals surface area contributed by atoms with Crippen molar-refractivity contribution in [1.29, 1.82) is 0 Å². The topological polar surface area (TPSA) is 41.9 Å². The van der Waals surface area contributed by atoms with E-state index in [-0.39, 0.29) is 11.3 Å². The summed E-state index contributed by atoms with van der Waals surface area (Å²) >= 11 is 0. The second-order valence-electron chi connectivity index (χ2n) is 6.03. The predicted octanol–water partition coefficient (Wildman–Crippen LogP) is 2.31. The number of nitrogens with zero attached hydrogens (tertiary/aromatic N) is 2. The molecule has 3 rings (SSSR count). The Morgan fingerprint density at radius 1 is 1.37 bits per heavy atom. The molecule has 1 atom stereocenters. The third kappa shape index (κ3) is 2.35. The standard InChI is InChI=1S/C15H18N2O2/c1-15(2)8-12-9-19-14(17(12)10-15)16-13(18)11-6-4-3-5-7-11/h3-7,12H,8-10H2,1-2H3. The van der Waals surface area contributed by atoms with E-state index in [1.165, 1.54) is 0 Å². The summed E-state index contributed by atoms with van der Waals surface area (Å²) in [4.78, 5) is 18.3. The fraction of sp³-hybridized carbons (Fsp3) is 0.467. The molecule has 4 nitrogen and oxygen atoms in total. The van der Waals surface area contributed by atoms with Crippen molar-refractivity contribution in [2.45, 2.75) is 26.3 Å². The molecule has 1 aromatic rings. The highest BCUT2D eigenvalue weighted by molar-refractivity contribution is 6.01. The van der Waals surface area contributed by atoms with Crippen LogP contribution >= 0.6 is 0 Å². The van der Waals surface area contributed by atoms with E-state index in [4.69, 9.17) is 4.74 Å². The number of carbonyl (C=O) groups is 1. The second-order valence-corrected chi connectivity index (χ2v) is 6.03. The summed E-state index contributed by atoms with van der Waals surface area (Å²) in [7, 11) is 0. The van der Waals surface area contributed by atoms with Gasteiger partial charge in [0.2, 0.25) is 0 Å². The lowest BCUT2D eigenvalue weighted by atomic mass is 9.91. The van der Waals surface area contributed by atoms with Gasteiger partial charge in [0, 0.05) is 12.1 Å². The lowest BCUT2D eigenvalue weighted by Crippen LogP contribution is -2.30. The first kappa shape index (κ1) is 12.2. The van der Waals surface area contributed by atoms with Crippen LogP contribution in [0.2, 0.25) is 0 Å². The Kier molecular flexibility index (Phi) is 2.81. The monoisotopic (exact) mass is 258 g/mol. The Morgan fingerprint density at radius 3 is 2.84 bits per heavy atom. The normalized spacial score (nSPS) is 26.3. The summed E-state index contributed by atoms with van der Waals surface area (Å²) in [5, 5.41) is 0. The van der Waals surface area contributed by atoms with E-state index in [0.717, 1.165) is 13.0 Å². The Hall–Kier alpha value is -1.84. The maximum absolute atomic E-state index is 12.1. The second kappa shape index (κ2) is 4.37. The smallest absolute Gasteiger partial charge is 0.295 e. The lowest BCUT2D eigenvalue weighted by Gasteiger charge is -2.18. The molecule has 4 heteroatoms. The largest absolute Gasteiger partial charge is 0.463 e. The summed E-state index contributed by atoms with van der Waals surface area (Å²) in [5.41, 5.74) is 0.867. The molecule has 2 saturated heterocycles. The van der Waals surface area contributed by atoms with Crippen molar-refractivity contribution in [2.75, 3.05) is 13.2 Å². The number of fused-ring (bicyclic) bond motifs is 1. The number of hydrogen-bond acceptors (Lipinski definition) is 2. The van der Waals surface area contributed by atoms with Crippen molar-refractivity contribution < 1.29 is 9.53 Å². The van der Waals surface area contributed by atoms with Gasteiger partial charge < -0.3 is 9.64 Å². The van der Waals surface area contributed by atoms with Gasteiger partial charge >= 0.3 is 0 Å². The molecule has 0 radical (unpaired) electrons. The maximum Gasteiger partial charge on any atom is 0.295 e. The molecular weight excluding hydrogens is 240 g/mol. The summed E-state index contributed by atoms with van der Waals surface area (Å²) in [6.07, 6.45) is 1.09. The van der Waals surface area contributed by atoms with Gasteiger partial charge in [-0.25, -0.2) is 0 Å². The molecule has 2 heterocycles. The molecule has 19 heavy (non-hydrogen) atoms. The average molecular weight is 258 g/mol. The SMILES string of the molecule is CC1(C)CC2COC(=NC(=O)c3ccccc3)N2C1. The molecule has 100 valence electrons. The van der Waals surface area contributed by atoms with E-state index in [1.54, 1.807) is 12.1 Å². The van der Waals surface area contributed by atoms with Gasteiger partial charge in [-0.05, 0) is 24.0 Å². The zero-order valence-corrected chi connectivity index (χ0v) is 11.3. The van der Waals surface area contributed by atoms with Crippen LogP contribution in [0, 0.1) is 5.41 Å². The Bertz CT molecular complexity index is 522. The number of amides is 1. The highest BCUT2D eigenvalue weighted by atomic mass is 16.5. The molecule has 0 spiro atoms. The molecule has 2 aliphatic rings. The van der Waals surface area contributed by atoms with E-state index in [9.17, 15) is 4.79 Å². The van der Waals surface area contributed by atoms with Gasteiger partial charge in [-0.1, -0.05) is 32.0 Å². The molecule has 1 unspecified atom stereocenters. The fourth-order valence-corrected chi connectivity index (χ4v) is 2.86. The van der Waals surface area contributed by atoms with Crippen LogP contribution in [0.15, 0.2) is 35.3 Å². The van der Waals surface area contributed by atoms with Crippen molar-refractivity contribution in [3.05, 3.63) is 35.9 Å². The minimum absolute atomic E-state index is 0.235. The number of benzene rings is 1. The minimum Gasteiger partial charge on any atom is -0.463 e. The van der Waals surface area contributed by atoms with E-state index in [1.807, 2.05) is 18.2 Å². The number of hydrogen-bond donors (Lipinski definition) is 0.